The summed E-state index contributed by atoms with van der Waals surface area (Å²) in [5, 5.41) is 11.7. The Bertz CT molecular complexity index is 986. The van der Waals surface area contributed by atoms with E-state index in [1.54, 1.807) is 0 Å². The van der Waals surface area contributed by atoms with Gasteiger partial charge in [0, 0.05) is 28.5 Å². The van der Waals surface area contributed by atoms with Crippen LogP contribution in [0.4, 0.5) is 0 Å². The van der Waals surface area contributed by atoms with Gasteiger partial charge in [0.25, 0.3) is 0 Å². The quantitative estimate of drug-likeness (QED) is 0.672. The van der Waals surface area contributed by atoms with Crippen LogP contribution in [0.5, 0.6) is 0 Å². The summed E-state index contributed by atoms with van der Waals surface area (Å²) in [5.74, 6) is 0. The molecule has 2 aromatic heterocycles. The molecule has 3 aromatic rings. The topological polar surface area (TPSA) is 41.6 Å². The van der Waals surface area contributed by atoms with Gasteiger partial charge in [0.15, 0.2) is 0 Å². The van der Waals surface area contributed by atoms with Crippen LogP contribution < -0.4 is 0 Å². The van der Waals surface area contributed by atoms with Gasteiger partial charge in [-0.05, 0) is 43.2 Å². The van der Waals surface area contributed by atoms with Crippen LogP contribution in [0.1, 0.15) is 43.6 Å². The van der Waals surface area contributed by atoms with Gasteiger partial charge in [0.05, 0.1) is 23.7 Å². The average Bonchev–Trinajstić information content (AvgIpc) is 2.87. The van der Waals surface area contributed by atoms with Gasteiger partial charge in [0.1, 0.15) is 0 Å². The smallest absolute Gasteiger partial charge is 0.0710 e. The number of aromatic nitrogens is 2. The van der Waals surface area contributed by atoms with Gasteiger partial charge in [-0.1, -0.05) is 32.0 Å². The molecular formula is C21H23N3. The Morgan fingerprint density at radius 2 is 2.08 bits per heavy atom. The van der Waals surface area contributed by atoms with Gasteiger partial charge in [0.2, 0.25) is 0 Å². The molecule has 0 aliphatic heterocycles. The summed E-state index contributed by atoms with van der Waals surface area (Å²) in [6, 6.07) is 10.9. The van der Waals surface area contributed by atoms with Crippen molar-refractivity contribution in [1.82, 2.24) is 9.55 Å². The Morgan fingerprint density at radius 3 is 2.88 bits per heavy atom. The second-order valence-corrected chi connectivity index (χ2v) is 7.76. The molecule has 122 valence electrons. The Balaban J connectivity index is 2.09. The van der Waals surface area contributed by atoms with Crippen LogP contribution in [-0.2, 0) is 19.4 Å². The van der Waals surface area contributed by atoms with Crippen LogP contribution >= 0.6 is 0 Å². The zero-order chi connectivity index (χ0) is 16.9. The number of hydrogen-bond donors (Lipinski definition) is 0. The third-order valence-electron chi connectivity index (χ3n) is 5.41. The predicted octanol–water partition coefficient (Wildman–Crippen LogP) is 4.93. The van der Waals surface area contributed by atoms with Gasteiger partial charge in [-0.15, -0.1) is 0 Å². The first-order valence-electron chi connectivity index (χ1n) is 8.78. The standard InChI is InChI=1S/C21H23N3/c1-14-20-19(15-9-10-21(2,3)13-17(15)23-14)16-7-4-5-8-18(16)24(20)12-6-11-22/h4-5,7-8H,6,9-10,12-13H2,1-3H3. The fourth-order valence-electron chi connectivity index (χ4n) is 4.27. The number of pyridine rings is 1. The Hall–Kier alpha value is -2.34. The second-order valence-electron chi connectivity index (χ2n) is 7.76. The van der Waals surface area contributed by atoms with E-state index in [-0.39, 0.29) is 0 Å². The van der Waals surface area contributed by atoms with Crippen molar-refractivity contribution in [3.05, 3.63) is 41.2 Å². The van der Waals surface area contributed by atoms with Crippen molar-refractivity contribution in [2.45, 2.75) is 53.0 Å². The van der Waals surface area contributed by atoms with E-state index in [0.29, 0.717) is 11.8 Å². The molecule has 0 amide bonds. The lowest BCUT2D eigenvalue weighted by atomic mass is 9.75. The SMILES string of the molecule is Cc1nc2c(c3c4ccccc4n(CCC#N)c13)CCC(C)(C)C2. The summed E-state index contributed by atoms with van der Waals surface area (Å²) in [5.41, 5.74) is 6.59. The highest BCUT2D eigenvalue weighted by atomic mass is 15.0. The third-order valence-corrected chi connectivity index (χ3v) is 5.41. The van der Waals surface area contributed by atoms with E-state index in [0.717, 1.165) is 25.1 Å². The van der Waals surface area contributed by atoms with E-state index in [1.807, 2.05) is 0 Å². The maximum Gasteiger partial charge on any atom is 0.0710 e. The molecule has 0 radical (unpaired) electrons. The number of nitriles is 1. The zero-order valence-electron chi connectivity index (χ0n) is 14.7. The Morgan fingerprint density at radius 1 is 1.29 bits per heavy atom. The molecule has 0 bridgehead atoms. The lowest BCUT2D eigenvalue weighted by Crippen LogP contribution is -2.23. The normalized spacial score (nSPS) is 16.2. The first-order chi connectivity index (χ1) is 11.5. The highest BCUT2D eigenvalue weighted by Gasteiger charge is 2.29. The van der Waals surface area contributed by atoms with E-state index >= 15 is 0 Å². The highest BCUT2D eigenvalue weighted by molar-refractivity contribution is 6.10. The van der Waals surface area contributed by atoms with Crippen LogP contribution in [0.3, 0.4) is 0 Å². The monoisotopic (exact) mass is 317 g/mol. The minimum Gasteiger partial charge on any atom is -0.338 e. The van der Waals surface area contributed by atoms with E-state index in [4.69, 9.17) is 10.2 Å². The van der Waals surface area contributed by atoms with Gasteiger partial charge >= 0.3 is 0 Å². The molecule has 2 heterocycles. The summed E-state index contributed by atoms with van der Waals surface area (Å²) in [4.78, 5) is 5.00. The van der Waals surface area contributed by atoms with Crippen LogP contribution in [0.2, 0.25) is 0 Å². The Kier molecular flexibility index (Phi) is 3.38. The summed E-state index contributed by atoms with van der Waals surface area (Å²) in [7, 11) is 0. The number of fused-ring (bicyclic) bond motifs is 5. The van der Waals surface area contributed by atoms with Crippen molar-refractivity contribution in [1.29, 1.82) is 5.26 Å². The summed E-state index contributed by atoms with van der Waals surface area (Å²) < 4.78 is 2.30. The summed E-state index contributed by atoms with van der Waals surface area (Å²) in [6.07, 6.45) is 3.88. The Labute approximate surface area is 142 Å². The fraction of sp³-hybridized carbons (Fsp3) is 0.429. The highest BCUT2D eigenvalue weighted by Crippen LogP contribution is 2.41. The molecule has 3 heteroatoms. The number of para-hydroxylation sites is 1. The average molecular weight is 317 g/mol. The molecule has 24 heavy (non-hydrogen) atoms. The van der Waals surface area contributed by atoms with Crippen molar-refractivity contribution in [3.63, 3.8) is 0 Å². The maximum atomic E-state index is 9.05. The van der Waals surface area contributed by atoms with E-state index < -0.39 is 0 Å². The van der Waals surface area contributed by atoms with Crippen molar-refractivity contribution in [3.8, 4) is 6.07 Å². The van der Waals surface area contributed by atoms with Gasteiger partial charge in [-0.2, -0.15) is 5.26 Å². The van der Waals surface area contributed by atoms with Gasteiger partial charge < -0.3 is 4.57 Å². The van der Waals surface area contributed by atoms with Crippen molar-refractivity contribution in [2.75, 3.05) is 0 Å². The molecule has 0 unspecified atom stereocenters. The molecular weight excluding hydrogens is 294 g/mol. The van der Waals surface area contributed by atoms with Crippen molar-refractivity contribution >= 4 is 21.8 Å². The molecule has 0 spiro atoms. The zero-order valence-corrected chi connectivity index (χ0v) is 14.7. The second kappa shape index (κ2) is 5.34. The van der Waals surface area contributed by atoms with Crippen LogP contribution in [0, 0.1) is 23.7 Å². The molecule has 4 rings (SSSR count). The lowest BCUT2D eigenvalue weighted by molar-refractivity contribution is 0.311. The van der Waals surface area contributed by atoms with E-state index in [9.17, 15) is 0 Å². The first-order valence-corrected chi connectivity index (χ1v) is 8.78. The van der Waals surface area contributed by atoms with Crippen LogP contribution in [0.25, 0.3) is 21.8 Å². The molecule has 1 aliphatic carbocycles. The molecule has 0 saturated carbocycles. The molecule has 3 nitrogen and oxygen atoms in total. The van der Waals surface area contributed by atoms with Crippen LogP contribution in [-0.4, -0.2) is 9.55 Å². The van der Waals surface area contributed by atoms with Crippen LogP contribution in [0.15, 0.2) is 24.3 Å². The number of benzene rings is 1. The lowest BCUT2D eigenvalue weighted by Gasteiger charge is -2.31. The number of nitrogens with zero attached hydrogens (tertiary/aromatic N) is 3. The van der Waals surface area contributed by atoms with Crippen molar-refractivity contribution in [2.24, 2.45) is 5.41 Å². The molecule has 1 aliphatic rings. The molecule has 0 atom stereocenters. The fourth-order valence-corrected chi connectivity index (χ4v) is 4.27. The first kappa shape index (κ1) is 15.2. The molecule has 0 saturated heterocycles. The van der Waals surface area contributed by atoms with Crippen molar-refractivity contribution < 1.29 is 0 Å². The summed E-state index contributed by atoms with van der Waals surface area (Å²) >= 11 is 0. The van der Waals surface area contributed by atoms with Gasteiger partial charge in [-0.3, -0.25) is 4.98 Å². The van der Waals surface area contributed by atoms with Gasteiger partial charge in [-0.25, -0.2) is 0 Å². The number of aryl methyl sites for hydroxylation is 3. The largest absolute Gasteiger partial charge is 0.338 e. The van der Waals surface area contributed by atoms with E-state index in [1.165, 1.54) is 39.5 Å². The number of hydrogen-bond acceptors (Lipinski definition) is 2. The van der Waals surface area contributed by atoms with E-state index in [2.05, 4.69) is 55.7 Å². The summed E-state index contributed by atoms with van der Waals surface area (Å²) in [6.45, 7) is 7.53. The molecule has 0 fully saturated rings. The maximum absolute atomic E-state index is 9.05. The minimum atomic E-state index is 0.333. The minimum absolute atomic E-state index is 0.333. The molecule has 1 aromatic carbocycles. The number of rotatable bonds is 2. The third kappa shape index (κ3) is 2.21. The predicted molar refractivity (Wildman–Crippen MR) is 98.0 cm³/mol. The molecule has 0 N–H and O–H groups in total.